The van der Waals surface area contributed by atoms with Crippen LogP contribution in [0.15, 0.2) is 23.9 Å². The van der Waals surface area contributed by atoms with E-state index in [0.29, 0.717) is 6.04 Å². The molecule has 3 heteroatoms. The molecule has 2 aliphatic rings. The molecule has 0 aromatic heterocycles. The largest absolute Gasteiger partial charge is 0.383 e. The molecule has 1 N–H and O–H groups in total. The van der Waals surface area contributed by atoms with Crippen LogP contribution in [-0.2, 0) is 4.74 Å². The Hall–Kier alpha value is -0.800. The summed E-state index contributed by atoms with van der Waals surface area (Å²) in [4.78, 5) is 0. The average Bonchev–Trinajstić information content (AvgIpc) is 2.68. The lowest BCUT2D eigenvalue weighted by atomic mass is 10.1. The summed E-state index contributed by atoms with van der Waals surface area (Å²) in [5, 5.41) is 2.31. The van der Waals surface area contributed by atoms with Crippen molar-refractivity contribution < 1.29 is 4.74 Å². The number of hydrogen-bond donors (Lipinski definition) is 1. The molecule has 15 heavy (non-hydrogen) atoms. The second-order valence-corrected chi connectivity index (χ2v) is 4.20. The minimum atomic E-state index is 0.534. The maximum absolute atomic E-state index is 5.23. The summed E-state index contributed by atoms with van der Waals surface area (Å²) in [6.07, 6.45) is 11.5. The third-order valence-corrected chi connectivity index (χ3v) is 3.00. The first kappa shape index (κ1) is 10.7. The van der Waals surface area contributed by atoms with Gasteiger partial charge in [0.1, 0.15) is 0 Å². The first-order valence-electron chi connectivity index (χ1n) is 5.79. The quantitative estimate of drug-likeness (QED) is 0.763. The Morgan fingerprint density at radius 2 is 2.47 bits per heavy atom. The normalized spacial score (nSPS) is 26.7. The van der Waals surface area contributed by atoms with Gasteiger partial charge >= 0.3 is 0 Å². The minimum absolute atomic E-state index is 0.534. The van der Waals surface area contributed by atoms with E-state index >= 15 is 0 Å². The molecule has 1 heterocycles. The molecule has 0 aromatic carbocycles. The third-order valence-electron chi connectivity index (χ3n) is 3.00. The van der Waals surface area contributed by atoms with Crippen molar-refractivity contribution >= 4 is 0 Å². The van der Waals surface area contributed by atoms with E-state index in [9.17, 15) is 0 Å². The molecule has 0 bridgehead atoms. The summed E-state index contributed by atoms with van der Waals surface area (Å²) in [6.45, 7) is 1.95. The van der Waals surface area contributed by atoms with Crippen LogP contribution in [0.5, 0.6) is 0 Å². The Balaban J connectivity index is 1.87. The van der Waals surface area contributed by atoms with Gasteiger partial charge in [0.15, 0.2) is 0 Å². The average molecular weight is 208 g/mol. The molecular formula is C12H20N2O. The van der Waals surface area contributed by atoms with Crippen molar-refractivity contribution in [1.29, 1.82) is 0 Å². The molecule has 1 atom stereocenters. The lowest BCUT2D eigenvalue weighted by Gasteiger charge is -2.26. The van der Waals surface area contributed by atoms with Gasteiger partial charge in [0.05, 0.1) is 12.6 Å². The number of ether oxygens (including phenoxy) is 1. The zero-order valence-corrected chi connectivity index (χ0v) is 9.41. The first-order valence-corrected chi connectivity index (χ1v) is 5.79. The van der Waals surface area contributed by atoms with E-state index in [1.165, 1.54) is 25.0 Å². The van der Waals surface area contributed by atoms with Crippen LogP contribution in [0.2, 0.25) is 0 Å². The van der Waals surface area contributed by atoms with Crippen molar-refractivity contribution in [2.24, 2.45) is 0 Å². The monoisotopic (exact) mass is 208 g/mol. The Labute approximate surface area is 91.8 Å². The Bertz CT molecular complexity index is 260. The SMILES string of the molecule is COCC1CCCN1NC1=CCCC=C1. The van der Waals surface area contributed by atoms with Crippen molar-refractivity contribution in [3.63, 3.8) is 0 Å². The summed E-state index contributed by atoms with van der Waals surface area (Å²) in [5.41, 5.74) is 4.72. The molecule has 1 fully saturated rings. The van der Waals surface area contributed by atoms with Crippen LogP contribution < -0.4 is 5.43 Å². The summed E-state index contributed by atoms with van der Waals surface area (Å²) in [5.74, 6) is 0. The van der Waals surface area contributed by atoms with Gasteiger partial charge in [-0.2, -0.15) is 0 Å². The van der Waals surface area contributed by atoms with Crippen molar-refractivity contribution in [2.45, 2.75) is 31.7 Å². The van der Waals surface area contributed by atoms with Crippen LogP contribution in [0.25, 0.3) is 0 Å². The number of hydrazine groups is 1. The molecule has 1 aliphatic carbocycles. The number of methoxy groups -OCH3 is 1. The molecule has 3 nitrogen and oxygen atoms in total. The van der Waals surface area contributed by atoms with Crippen LogP contribution in [-0.4, -0.2) is 31.3 Å². The highest BCUT2D eigenvalue weighted by atomic mass is 16.5. The number of hydrogen-bond acceptors (Lipinski definition) is 3. The Morgan fingerprint density at radius 3 is 3.20 bits per heavy atom. The first-order chi connectivity index (χ1) is 7.40. The molecule has 0 radical (unpaired) electrons. The Kier molecular flexibility index (Phi) is 3.80. The molecule has 0 aromatic rings. The van der Waals surface area contributed by atoms with Crippen LogP contribution >= 0.6 is 0 Å². The van der Waals surface area contributed by atoms with Gasteiger partial charge in [-0.15, -0.1) is 0 Å². The lowest BCUT2D eigenvalue weighted by Crippen LogP contribution is -2.42. The van der Waals surface area contributed by atoms with E-state index < -0.39 is 0 Å². The number of nitrogens with zero attached hydrogens (tertiary/aromatic N) is 1. The van der Waals surface area contributed by atoms with Gasteiger partial charge in [-0.25, -0.2) is 5.01 Å². The summed E-state index contributed by atoms with van der Waals surface area (Å²) in [6, 6.07) is 0.534. The second kappa shape index (κ2) is 5.33. The van der Waals surface area contributed by atoms with Gasteiger partial charge in [0.2, 0.25) is 0 Å². The van der Waals surface area contributed by atoms with Gasteiger partial charge in [-0.1, -0.05) is 12.2 Å². The number of nitrogens with one attached hydrogen (secondary N) is 1. The zero-order chi connectivity index (χ0) is 10.5. The smallest absolute Gasteiger partial charge is 0.0636 e. The molecule has 0 spiro atoms. The van der Waals surface area contributed by atoms with Crippen LogP contribution in [0.4, 0.5) is 0 Å². The predicted octanol–water partition coefficient (Wildman–Crippen LogP) is 1.84. The number of allylic oxidation sites excluding steroid dienone is 3. The van der Waals surface area contributed by atoms with Crippen molar-refractivity contribution in [1.82, 2.24) is 10.4 Å². The van der Waals surface area contributed by atoms with Crippen LogP contribution in [0, 0.1) is 0 Å². The highest BCUT2D eigenvalue weighted by Gasteiger charge is 2.24. The second-order valence-electron chi connectivity index (χ2n) is 4.20. The molecule has 0 saturated carbocycles. The van der Waals surface area contributed by atoms with E-state index in [4.69, 9.17) is 4.74 Å². The van der Waals surface area contributed by atoms with Crippen LogP contribution in [0.3, 0.4) is 0 Å². The van der Waals surface area contributed by atoms with E-state index in [1.807, 2.05) is 0 Å². The standard InChI is InChI=1S/C12H20N2O/c1-15-10-12-8-5-9-14(12)13-11-6-3-2-4-7-11/h3,6-7,12-13H,2,4-5,8-10H2,1H3. The maximum Gasteiger partial charge on any atom is 0.0636 e. The number of rotatable bonds is 4. The summed E-state index contributed by atoms with van der Waals surface area (Å²) >= 11 is 0. The van der Waals surface area contributed by atoms with Gasteiger partial charge in [0.25, 0.3) is 0 Å². The van der Waals surface area contributed by atoms with Crippen molar-refractivity contribution in [3.8, 4) is 0 Å². The molecule has 84 valence electrons. The Morgan fingerprint density at radius 1 is 1.53 bits per heavy atom. The van der Waals surface area contributed by atoms with E-state index in [2.05, 4.69) is 28.7 Å². The fourth-order valence-electron chi connectivity index (χ4n) is 2.21. The van der Waals surface area contributed by atoms with E-state index in [1.54, 1.807) is 7.11 Å². The highest BCUT2D eigenvalue weighted by Crippen LogP contribution is 2.17. The van der Waals surface area contributed by atoms with Crippen LogP contribution in [0.1, 0.15) is 25.7 Å². The van der Waals surface area contributed by atoms with Gasteiger partial charge in [-0.3, -0.25) is 0 Å². The van der Waals surface area contributed by atoms with Crippen molar-refractivity contribution in [3.05, 3.63) is 23.9 Å². The topological polar surface area (TPSA) is 24.5 Å². The fourth-order valence-corrected chi connectivity index (χ4v) is 2.21. The van der Waals surface area contributed by atoms with E-state index in [0.717, 1.165) is 19.6 Å². The molecule has 1 unspecified atom stereocenters. The molecule has 0 amide bonds. The lowest BCUT2D eigenvalue weighted by molar-refractivity contribution is 0.0937. The van der Waals surface area contributed by atoms with Crippen molar-refractivity contribution in [2.75, 3.05) is 20.3 Å². The predicted molar refractivity (Wildman–Crippen MR) is 61.2 cm³/mol. The van der Waals surface area contributed by atoms with Gasteiger partial charge < -0.3 is 10.2 Å². The zero-order valence-electron chi connectivity index (χ0n) is 9.41. The summed E-state index contributed by atoms with van der Waals surface area (Å²) < 4.78 is 5.23. The van der Waals surface area contributed by atoms with E-state index in [-0.39, 0.29) is 0 Å². The maximum atomic E-state index is 5.23. The molecule has 1 saturated heterocycles. The molecule has 1 aliphatic heterocycles. The summed E-state index contributed by atoms with van der Waals surface area (Å²) in [7, 11) is 1.77. The third kappa shape index (κ3) is 2.83. The molecular weight excluding hydrogens is 188 g/mol. The fraction of sp³-hybridized carbons (Fsp3) is 0.667. The highest BCUT2D eigenvalue weighted by molar-refractivity contribution is 5.19. The minimum Gasteiger partial charge on any atom is -0.383 e. The molecule has 2 rings (SSSR count). The van der Waals surface area contributed by atoms with Gasteiger partial charge in [0, 0.05) is 19.4 Å². The van der Waals surface area contributed by atoms with Gasteiger partial charge in [-0.05, 0) is 31.8 Å².